The zero-order valence-electron chi connectivity index (χ0n) is 17.9. The molecule has 7 nitrogen and oxygen atoms in total. The van der Waals surface area contributed by atoms with E-state index in [2.05, 4.69) is 25.6 Å². The van der Waals surface area contributed by atoms with Crippen molar-refractivity contribution in [3.05, 3.63) is 83.8 Å². The van der Waals surface area contributed by atoms with Crippen LogP contribution in [-0.2, 0) is 12.7 Å². The van der Waals surface area contributed by atoms with Crippen LogP contribution >= 0.6 is 0 Å². The van der Waals surface area contributed by atoms with E-state index in [0.29, 0.717) is 34.4 Å². The number of imidazole rings is 2. The van der Waals surface area contributed by atoms with Gasteiger partial charge in [0.2, 0.25) is 5.95 Å². The van der Waals surface area contributed by atoms with Crippen LogP contribution in [0.4, 0.5) is 19.1 Å². The molecule has 1 amide bonds. The number of nitrogens with one attached hydrogen (secondary N) is 3. The summed E-state index contributed by atoms with van der Waals surface area (Å²) in [6, 6.07) is 15.8. The zero-order chi connectivity index (χ0) is 23.9. The quantitative estimate of drug-likeness (QED) is 0.346. The van der Waals surface area contributed by atoms with Crippen LogP contribution in [0.5, 0.6) is 0 Å². The first-order chi connectivity index (χ1) is 16.3. The number of alkyl halides is 3. The largest absolute Gasteiger partial charge is 0.416 e. The van der Waals surface area contributed by atoms with E-state index in [-0.39, 0.29) is 11.6 Å². The topological polar surface area (TPSA) is 87.1 Å². The summed E-state index contributed by atoms with van der Waals surface area (Å²) in [5, 5.41) is 5.78. The number of hydrogen-bond donors (Lipinski definition) is 3. The zero-order valence-corrected chi connectivity index (χ0v) is 17.9. The number of carbonyl (C=O) groups is 1. The molecule has 0 saturated carbocycles. The number of carbonyl (C=O) groups excluding carboxylic acids is 1. The standard InChI is InChI=1S/C24H19F3N6O/c1-28-12-17-6-3-7-21-29-20(13-33(17)21)22(34)32-23-30-18-9-8-15(11-19(18)31-23)14-4-2-5-16(10-14)24(25,26)27/h2-11,13,28H,12H2,1H3,(H2,30,31,32,34). The first kappa shape index (κ1) is 21.7. The Kier molecular flexibility index (Phi) is 5.29. The Morgan fingerprint density at radius 2 is 1.82 bits per heavy atom. The Morgan fingerprint density at radius 1 is 1.03 bits per heavy atom. The molecule has 5 aromatic rings. The van der Waals surface area contributed by atoms with Gasteiger partial charge in [-0.15, -0.1) is 0 Å². The molecule has 0 aliphatic carbocycles. The van der Waals surface area contributed by atoms with Gasteiger partial charge in [-0.1, -0.05) is 24.3 Å². The summed E-state index contributed by atoms with van der Waals surface area (Å²) in [7, 11) is 1.84. The number of rotatable bonds is 5. The molecule has 0 spiro atoms. The summed E-state index contributed by atoms with van der Waals surface area (Å²) in [4.78, 5) is 24.5. The molecule has 3 aromatic heterocycles. The molecule has 0 saturated heterocycles. The van der Waals surface area contributed by atoms with E-state index in [9.17, 15) is 18.0 Å². The highest BCUT2D eigenvalue weighted by molar-refractivity contribution is 6.03. The van der Waals surface area contributed by atoms with Crippen molar-refractivity contribution in [1.82, 2.24) is 24.7 Å². The van der Waals surface area contributed by atoms with Gasteiger partial charge in [-0.2, -0.15) is 13.2 Å². The summed E-state index contributed by atoms with van der Waals surface area (Å²) in [6.07, 6.45) is -2.76. The molecule has 0 fully saturated rings. The van der Waals surface area contributed by atoms with E-state index < -0.39 is 17.6 Å². The second-order valence-electron chi connectivity index (χ2n) is 7.75. The molecule has 3 N–H and O–H groups in total. The van der Waals surface area contributed by atoms with Crippen LogP contribution in [0.1, 0.15) is 21.7 Å². The second-order valence-corrected chi connectivity index (χ2v) is 7.75. The third-order valence-corrected chi connectivity index (χ3v) is 5.41. The van der Waals surface area contributed by atoms with Crippen molar-refractivity contribution >= 4 is 28.5 Å². The lowest BCUT2D eigenvalue weighted by Gasteiger charge is -2.08. The maximum absolute atomic E-state index is 13.1. The lowest BCUT2D eigenvalue weighted by atomic mass is 10.0. The summed E-state index contributed by atoms with van der Waals surface area (Å²) >= 11 is 0. The predicted octanol–water partition coefficient (Wildman–Crippen LogP) is 4.87. The number of nitrogens with zero attached hydrogens (tertiary/aromatic N) is 3. The minimum absolute atomic E-state index is 0.216. The lowest BCUT2D eigenvalue weighted by Crippen LogP contribution is -2.13. The maximum Gasteiger partial charge on any atom is 0.416 e. The van der Waals surface area contributed by atoms with Crippen LogP contribution in [0, 0.1) is 0 Å². The van der Waals surface area contributed by atoms with Gasteiger partial charge in [0.25, 0.3) is 5.91 Å². The smallest absolute Gasteiger partial charge is 0.324 e. The second kappa shape index (κ2) is 8.31. The Bertz CT molecular complexity index is 1520. The molecule has 0 atom stereocenters. The lowest BCUT2D eigenvalue weighted by molar-refractivity contribution is -0.137. The fourth-order valence-corrected chi connectivity index (χ4v) is 3.79. The van der Waals surface area contributed by atoms with E-state index >= 15 is 0 Å². The molecular weight excluding hydrogens is 445 g/mol. The summed E-state index contributed by atoms with van der Waals surface area (Å²) in [6.45, 7) is 0.618. The maximum atomic E-state index is 13.1. The Hall–Kier alpha value is -4.18. The van der Waals surface area contributed by atoms with Gasteiger partial charge >= 0.3 is 6.18 Å². The number of H-pyrrole nitrogens is 1. The highest BCUT2D eigenvalue weighted by Crippen LogP contribution is 2.33. The van der Waals surface area contributed by atoms with E-state index in [4.69, 9.17) is 0 Å². The number of amides is 1. The SMILES string of the molecule is CNCc1cccc2nc(C(=O)Nc3nc4cc(-c5cccc(C(F)(F)F)c5)ccc4[nH]3)cn12. The molecule has 0 aliphatic rings. The number of fused-ring (bicyclic) bond motifs is 2. The van der Waals surface area contributed by atoms with Crippen LogP contribution < -0.4 is 10.6 Å². The van der Waals surface area contributed by atoms with Gasteiger partial charge in [-0.05, 0) is 54.6 Å². The third kappa shape index (κ3) is 4.11. The van der Waals surface area contributed by atoms with Crippen molar-refractivity contribution < 1.29 is 18.0 Å². The molecule has 3 heterocycles. The molecule has 5 rings (SSSR count). The number of aromatic nitrogens is 4. The third-order valence-electron chi connectivity index (χ3n) is 5.41. The minimum Gasteiger partial charge on any atom is -0.324 e. The summed E-state index contributed by atoms with van der Waals surface area (Å²) in [5.74, 6) is -0.218. The predicted molar refractivity (Wildman–Crippen MR) is 122 cm³/mol. The Morgan fingerprint density at radius 3 is 2.62 bits per heavy atom. The molecule has 10 heteroatoms. The Labute approximate surface area is 191 Å². The number of halogens is 3. The van der Waals surface area contributed by atoms with E-state index in [1.165, 1.54) is 6.07 Å². The van der Waals surface area contributed by atoms with Gasteiger partial charge in [-0.25, -0.2) is 9.97 Å². The van der Waals surface area contributed by atoms with Crippen LogP contribution in [0.25, 0.3) is 27.8 Å². The monoisotopic (exact) mass is 464 g/mol. The van der Waals surface area contributed by atoms with Crippen LogP contribution in [0.3, 0.4) is 0 Å². The number of pyridine rings is 1. The highest BCUT2D eigenvalue weighted by atomic mass is 19.4. The molecule has 2 aromatic carbocycles. The van der Waals surface area contributed by atoms with E-state index in [0.717, 1.165) is 17.8 Å². The molecule has 34 heavy (non-hydrogen) atoms. The van der Waals surface area contributed by atoms with Crippen molar-refractivity contribution in [2.45, 2.75) is 12.7 Å². The molecule has 0 radical (unpaired) electrons. The molecule has 0 unspecified atom stereocenters. The van der Waals surface area contributed by atoms with Crippen LogP contribution in [0.2, 0.25) is 0 Å². The highest BCUT2D eigenvalue weighted by Gasteiger charge is 2.30. The fraction of sp³-hybridized carbons (Fsp3) is 0.125. The van der Waals surface area contributed by atoms with Gasteiger partial charge in [0.05, 0.1) is 16.6 Å². The van der Waals surface area contributed by atoms with Gasteiger partial charge in [-0.3, -0.25) is 10.1 Å². The molecule has 0 aliphatic heterocycles. The number of benzene rings is 2. The van der Waals surface area contributed by atoms with Crippen molar-refractivity contribution in [2.75, 3.05) is 12.4 Å². The van der Waals surface area contributed by atoms with Crippen molar-refractivity contribution in [3.8, 4) is 11.1 Å². The van der Waals surface area contributed by atoms with E-state index in [1.54, 1.807) is 30.5 Å². The normalized spacial score (nSPS) is 11.9. The van der Waals surface area contributed by atoms with Gasteiger partial charge in [0.15, 0.2) is 0 Å². The first-order valence-corrected chi connectivity index (χ1v) is 10.4. The van der Waals surface area contributed by atoms with Gasteiger partial charge < -0.3 is 14.7 Å². The van der Waals surface area contributed by atoms with Gasteiger partial charge in [0.1, 0.15) is 11.3 Å². The number of aromatic amines is 1. The average molecular weight is 464 g/mol. The Balaban J connectivity index is 1.41. The molecule has 172 valence electrons. The average Bonchev–Trinajstić information content (AvgIpc) is 3.42. The number of hydrogen-bond acceptors (Lipinski definition) is 4. The van der Waals surface area contributed by atoms with Gasteiger partial charge in [0, 0.05) is 18.4 Å². The van der Waals surface area contributed by atoms with Crippen molar-refractivity contribution in [3.63, 3.8) is 0 Å². The minimum atomic E-state index is -4.42. The first-order valence-electron chi connectivity index (χ1n) is 10.4. The molecular formula is C24H19F3N6O. The van der Waals surface area contributed by atoms with Crippen molar-refractivity contribution in [2.24, 2.45) is 0 Å². The summed E-state index contributed by atoms with van der Waals surface area (Å²) in [5.41, 5.74) is 3.27. The van der Waals surface area contributed by atoms with E-state index in [1.807, 2.05) is 29.6 Å². The fourth-order valence-electron chi connectivity index (χ4n) is 3.79. The van der Waals surface area contributed by atoms with Crippen LogP contribution in [-0.4, -0.2) is 32.3 Å². The van der Waals surface area contributed by atoms with Crippen LogP contribution in [0.15, 0.2) is 66.9 Å². The van der Waals surface area contributed by atoms with Crippen molar-refractivity contribution in [1.29, 1.82) is 0 Å². The number of anilines is 1. The molecule has 0 bridgehead atoms. The summed E-state index contributed by atoms with van der Waals surface area (Å²) < 4.78 is 41.0.